The number of aliphatic imine (C=N–C) groups is 1. The lowest BCUT2D eigenvalue weighted by atomic mass is 9.86. The Morgan fingerprint density at radius 1 is 1.29 bits per heavy atom. The summed E-state index contributed by atoms with van der Waals surface area (Å²) in [6.45, 7) is 5.77. The van der Waals surface area contributed by atoms with Gasteiger partial charge < -0.3 is 0 Å². The topological polar surface area (TPSA) is 12.4 Å². The molecule has 1 heterocycles. The monoisotopic (exact) mass is 295 g/mol. The molecule has 1 aromatic rings. The summed E-state index contributed by atoms with van der Waals surface area (Å²) < 4.78 is 38.4. The number of allylic oxidation sites excluding steroid dienone is 1. The minimum Gasteiger partial charge on any atom is -0.266 e. The summed E-state index contributed by atoms with van der Waals surface area (Å²) in [5.41, 5.74) is 3.03. The fraction of sp³-hybridized carbons (Fsp3) is 0.471. The van der Waals surface area contributed by atoms with Crippen LogP contribution in [0.25, 0.3) is 0 Å². The van der Waals surface area contributed by atoms with Crippen LogP contribution >= 0.6 is 0 Å². The highest BCUT2D eigenvalue weighted by Crippen LogP contribution is 2.32. The molecule has 21 heavy (non-hydrogen) atoms. The van der Waals surface area contributed by atoms with Crippen LogP contribution in [-0.2, 0) is 6.42 Å². The number of benzene rings is 1. The first-order chi connectivity index (χ1) is 9.78. The Balaban J connectivity index is 2.39. The van der Waals surface area contributed by atoms with Gasteiger partial charge in [0.1, 0.15) is 0 Å². The SMILES string of the molecule is CC1=NC=CCC1c1ccc(C(C)C)c(CC(F)(F)F)c1. The van der Waals surface area contributed by atoms with E-state index in [0.717, 1.165) is 23.3 Å². The Hall–Kier alpha value is -1.58. The number of hydrogen-bond acceptors (Lipinski definition) is 1. The van der Waals surface area contributed by atoms with Crippen molar-refractivity contribution in [2.24, 2.45) is 4.99 Å². The lowest BCUT2D eigenvalue weighted by Crippen LogP contribution is -2.16. The van der Waals surface area contributed by atoms with Gasteiger partial charge in [-0.1, -0.05) is 38.1 Å². The molecule has 0 radical (unpaired) electrons. The summed E-state index contributed by atoms with van der Waals surface area (Å²) in [6, 6.07) is 5.50. The summed E-state index contributed by atoms with van der Waals surface area (Å²) in [5.74, 6) is 0.167. The van der Waals surface area contributed by atoms with Crippen LogP contribution in [0.3, 0.4) is 0 Å². The quantitative estimate of drug-likeness (QED) is 0.710. The van der Waals surface area contributed by atoms with Crippen molar-refractivity contribution in [2.75, 3.05) is 0 Å². The van der Waals surface area contributed by atoms with Crippen molar-refractivity contribution in [2.45, 2.75) is 51.6 Å². The maximum Gasteiger partial charge on any atom is 0.393 e. The maximum atomic E-state index is 12.8. The number of alkyl halides is 3. The van der Waals surface area contributed by atoms with E-state index in [-0.39, 0.29) is 11.8 Å². The number of rotatable bonds is 3. The molecule has 4 heteroatoms. The number of hydrogen-bond donors (Lipinski definition) is 0. The molecule has 1 unspecified atom stereocenters. The molecule has 0 N–H and O–H groups in total. The van der Waals surface area contributed by atoms with E-state index in [9.17, 15) is 13.2 Å². The average molecular weight is 295 g/mol. The predicted octanol–water partition coefficient (Wildman–Crippen LogP) is 5.38. The molecule has 114 valence electrons. The number of nitrogens with zero attached hydrogens (tertiary/aromatic N) is 1. The van der Waals surface area contributed by atoms with E-state index in [4.69, 9.17) is 0 Å². The van der Waals surface area contributed by atoms with Gasteiger partial charge in [-0.05, 0) is 36.0 Å². The van der Waals surface area contributed by atoms with Crippen molar-refractivity contribution in [3.63, 3.8) is 0 Å². The Kier molecular flexibility index (Phi) is 4.55. The fourth-order valence-electron chi connectivity index (χ4n) is 2.78. The van der Waals surface area contributed by atoms with Crippen LogP contribution in [0.4, 0.5) is 13.2 Å². The van der Waals surface area contributed by atoms with E-state index in [1.165, 1.54) is 0 Å². The van der Waals surface area contributed by atoms with Gasteiger partial charge in [-0.25, -0.2) is 0 Å². The molecular formula is C17H20F3N. The molecule has 0 saturated heterocycles. The summed E-state index contributed by atoms with van der Waals surface area (Å²) in [4.78, 5) is 4.26. The minimum atomic E-state index is -4.18. The summed E-state index contributed by atoms with van der Waals surface area (Å²) >= 11 is 0. The highest BCUT2D eigenvalue weighted by atomic mass is 19.4. The van der Waals surface area contributed by atoms with Crippen molar-refractivity contribution in [3.8, 4) is 0 Å². The Bertz CT molecular complexity index is 568. The Labute approximate surface area is 123 Å². The maximum absolute atomic E-state index is 12.8. The third-order valence-corrected chi connectivity index (χ3v) is 3.84. The first kappa shape index (κ1) is 15.8. The van der Waals surface area contributed by atoms with Gasteiger partial charge in [0, 0.05) is 17.8 Å². The van der Waals surface area contributed by atoms with Gasteiger partial charge in [0.15, 0.2) is 0 Å². The molecule has 2 rings (SSSR count). The second-order valence-corrected chi connectivity index (χ2v) is 5.85. The Morgan fingerprint density at radius 3 is 2.57 bits per heavy atom. The first-order valence-corrected chi connectivity index (χ1v) is 7.16. The second kappa shape index (κ2) is 6.04. The van der Waals surface area contributed by atoms with Gasteiger partial charge in [0.2, 0.25) is 0 Å². The van der Waals surface area contributed by atoms with Crippen LogP contribution in [0.1, 0.15) is 55.7 Å². The first-order valence-electron chi connectivity index (χ1n) is 7.16. The lowest BCUT2D eigenvalue weighted by molar-refractivity contribution is -0.127. The van der Waals surface area contributed by atoms with Crippen molar-refractivity contribution in [1.29, 1.82) is 0 Å². The average Bonchev–Trinajstić information content (AvgIpc) is 2.37. The van der Waals surface area contributed by atoms with Crippen LogP contribution in [0.15, 0.2) is 35.5 Å². The third-order valence-electron chi connectivity index (χ3n) is 3.84. The minimum absolute atomic E-state index is 0.0809. The van der Waals surface area contributed by atoms with Crippen LogP contribution in [0.2, 0.25) is 0 Å². The smallest absolute Gasteiger partial charge is 0.266 e. The van der Waals surface area contributed by atoms with E-state index >= 15 is 0 Å². The van der Waals surface area contributed by atoms with E-state index < -0.39 is 12.6 Å². The number of halogens is 3. The van der Waals surface area contributed by atoms with E-state index in [2.05, 4.69) is 4.99 Å². The Morgan fingerprint density at radius 2 is 2.00 bits per heavy atom. The van der Waals surface area contributed by atoms with Crippen LogP contribution < -0.4 is 0 Å². The van der Waals surface area contributed by atoms with Crippen molar-refractivity contribution >= 4 is 5.71 Å². The molecule has 1 aliphatic rings. The van der Waals surface area contributed by atoms with E-state index in [1.54, 1.807) is 12.3 Å². The van der Waals surface area contributed by atoms with Gasteiger partial charge in [-0.2, -0.15) is 13.2 Å². The summed E-state index contributed by atoms with van der Waals surface area (Å²) in [7, 11) is 0. The van der Waals surface area contributed by atoms with Gasteiger partial charge >= 0.3 is 6.18 Å². The van der Waals surface area contributed by atoms with E-state index in [0.29, 0.717) is 5.56 Å². The van der Waals surface area contributed by atoms with Crippen LogP contribution in [-0.4, -0.2) is 11.9 Å². The van der Waals surface area contributed by atoms with Crippen LogP contribution in [0, 0.1) is 0 Å². The molecule has 1 atom stereocenters. The predicted molar refractivity (Wildman–Crippen MR) is 79.9 cm³/mol. The second-order valence-electron chi connectivity index (χ2n) is 5.85. The molecule has 1 aromatic carbocycles. The largest absolute Gasteiger partial charge is 0.393 e. The lowest BCUT2D eigenvalue weighted by Gasteiger charge is -2.21. The van der Waals surface area contributed by atoms with Gasteiger partial charge in [-0.3, -0.25) is 4.99 Å². The fourth-order valence-corrected chi connectivity index (χ4v) is 2.78. The molecule has 1 aliphatic heterocycles. The normalized spacial score (nSPS) is 19.0. The zero-order chi connectivity index (χ0) is 15.6. The summed E-state index contributed by atoms with van der Waals surface area (Å²) in [6.07, 6.45) is -0.546. The molecule has 0 fully saturated rings. The highest BCUT2D eigenvalue weighted by molar-refractivity contribution is 5.90. The van der Waals surface area contributed by atoms with E-state index in [1.807, 2.05) is 39.0 Å². The molecule has 1 nitrogen and oxygen atoms in total. The van der Waals surface area contributed by atoms with Crippen LogP contribution in [0.5, 0.6) is 0 Å². The molecule has 0 spiro atoms. The zero-order valence-corrected chi connectivity index (χ0v) is 12.5. The van der Waals surface area contributed by atoms with Gasteiger partial charge in [0.05, 0.1) is 6.42 Å². The van der Waals surface area contributed by atoms with Crippen molar-refractivity contribution < 1.29 is 13.2 Å². The molecular weight excluding hydrogens is 275 g/mol. The molecule has 0 saturated carbocycles. The van der Waals surface area contributed by atoms with Crippen molar-refractivity contribution in [1.82, 2.24) is 0 Å². The van der Waals surface area contributed by atoms with Gasteiger partial charge in [0.25, 0.3) is 0 Å². The standard InChI is InChI=1S/C17H20F3N/c1-11(2)15-7-6-13(9-14(15)10-17(18,19)20)16-5-4-8-21-12(16)3/h4,6-9,11,16H,5,10H2,1-3H3. The van der Waals surface area contributed by atoms with Crippen molar-refractivity contribution in [3.05, 3.63) is 47.2 Å². The molecule has 0 aliphatic carbocycles. The molecule has 0 bridgehead atoms. The third kappa shape index (κ3) is 3.96. The molecule has 0 amide bonds. The highest BCUT2D eigenvalue weighted by Gasteiger charge is 2.30. The van der Waals surface area contributed by atoms with Gasteiger partial charge in [-0.15, -0.1) is 0 Å². The molecule has 0 aromatic heterocycles. The summed E-state index contributed by atoms with van der Waals surface area (Å²) in [5, 5.41) is 0. The zero-order valence-electron chi connectivity index (χ0n) is 12.5.